The van der Waals surface area contributed by atoms with Crippen molar-refractivity contribution >= 4 is 5.78 Å². The van der Waals surface area contributed by atoms with E-state index in [0.29, 0.717) is 11.7 Å². The Balaban J connectivity index is 4.50. The van der Waals surface area contributed by atoms with E-state index in [1.165, 1.54) is 0 Å². The minimum absolute atomic E-state index is 0.00463. The molecule has 0 saturated carbocycles. The van der Waals surface area contributed by atoms with Crippen molar-refractivity contribution in [1.29, 1.82) is 0 Å². The van der Waals surface area contributed by atoms with Gasteiger partial charge in [-0.25, -0.2) is 0 Å². The Bertz CT molecular complexity index is 169. The van der Waals surface area contributed by atoms with Crippen molar-refractivity contribution in [3.63, 3.8) is 0 Å². The maximum absolute atomic E-state index is 11.9. The minimum atomic E-state index is -0.239. The van der Waals surface area contributed by atoms with Crippen LogP contribution in [-0.2, 0) is 4.79 Å². The molecule has 2 heteroatoms. The third-order valence-electron chi connectivity index (χ3n) is 2.55. The summed E-state index contributed by atoms with van der Waals surface area (Å²) in [7, 11) is 1.86. The molecule has 0 amide bonds. The van der Waals surface area contributed by atoms with E-state index in [0.717, 1.165) is 6.42 Å². The van der Waals surface area contributed by atoms with Crippen LogP contribution in [0.3, 0.4) is 0 Å². The summed E-state index contributed by atoms with van der Waals surface area (Å²) in [6.07, 6.45) is 1.04. The Labute approximate surface area is 82.1 Å². The lowest BCUT2D eigenvalue weighted by Gasteiger charge is -2.28. The second-order valence-corrected chi connectivity index (χ2v) is 4.77. The Morgan fingerprint density at radius 3 is 2.08 bits per heavy atom. The lowest BCUT2D eigenvalue weighted by Crippen LogP contribution is -2.45. The average molecular weight is 185 g/mol. The molecule has 78 valence electrons. The van der Waals surface area contributed by atoms with Crippen molar-refractivity contribution < 1.29 is 4.79 Å². The highest BCUT2D eigenvalue weighted by molar-refractivity contribution is 5.88. The van der Waals surface area contributed by atoms with Crippen LogP contribution in [0.25, 0.3) is 0 Å². The van der Waals surface area contributed by atoms with Crippen LogP contribution in [0, 0.1) is 11.3 Å². The molecule has 0 aliphatic carbocycles. The normalized spacial score (nSPS) is 16.8. The van der Waals surface area contributed by atoms with Crippen molar-refractivity contribution in [2.24, 2.45) is 11.3 Å². The van der Waals surface area contributed by atoms with Crippen LogP contribution >= 0.6 is 0 Å². The van der Waals surface area contributed by atoms with Crippen molar-refractivity contribution in [2.45, 2.75) is 47.1 Å². The number of rotatable bonds is 4. The van der Waals surface area contributed by atoms with E-state index in [4.69, 9.17) is 0 Å². The van der Waals surface area contributed by atoms with Gasteiger partial charge >= 0.3 is 0 Å². The van der Waals surface area contributed by atoms with Crippen molar-refractivity contribution in [3.8, 4) is 0 Å². The summed E-state index contributed by atoms with van der Waals surface area (Å²) in [5, 5.41) is 3.11. The van der Waals surface area contributed by atoms with Gasteiger partial charge in [-0.15, -0.1) is 0 Å². The fraction of sp³-hybridized carbons (Fsp3) is 0.909. The first kappa shape index (κ1) is 12.6. The van der Waals surface area contributed by atoms with E-state index >= 15 is 0 Å². The fourth-order valence-corrected chi connectivity index (χ4v) is 1.38. The zero-order chi connectivity index (χ0) is 10.6. The van der Waals surface area contributed by atoms with Gasteiger partial charge in [0.05, 0.1) is 6.04 Å². The summed E-state index contributed by atoms with van der Waals surface area (Å²) < 4.78 is 0. The number of ketones is 1. The van der Waals surface area contributed by atoms with Crippen molar-refractivity contribution in [1.82, 2.24) is 5.32 Å². The van der Waals surface area contributed by atoms with E-state index in [-0.39, 0.29) is 11.5 Å². The van der Waals surface area contributed by atoms with Crippen LogP contribution in [-0.4, -0.2) is 18.9 Å². The molecule has 0 aromatic rings. The number of carbonyl (C=O) groups excluding carboxylic acids is 1. The molecule has 0 heterocycles. The molecule has 0 aromatic carbocycles. The molecule has 0 saturated heterocycles. The monoisotopic (exact) mass is 185 g/mol. The quantitative estimate of drug-likeness (QED) is 0.727. The molecule has 0 aliphatic rings. The van der Waals surface area contributed by atoms with Gasteiger partial charge in [-0.3, -0.25) is 4.79 Å². The molecule has 2 atom stereocenters. The van der Waals surface area contributed by atoms with Gasteiger partial charge in [-0.05, 0) is 13.0 Å². The third-order valence-corrected chi connectivity index (χ3v) is 2.55. The largest absolute Gasteiger partial charge is 0.310 e. The van der Waals surface area contributed by atoms with Gasteiger partial charge in [0.25, 0.3) is 0 Å². The molecule has 1 N–H and O–H groups in total. The number of carbonyl (C=O) groups is 1. The molecule has 0 aliphatic heterocycles. The zero-order valence-corrected chi connectivity index (χ0v) is 9.77. The predicted molar refractivity (Wildman–Crippen MR) is 56.8 cm³/mol. The first-order valence-electron chi connectivity index (χ1n) is 5.06. The molecule has 13 heavy (non-hydrogen) atoms. The number of Topliss-reactive ketones (excluding diaryl/α,β-unsaturated/α-hetero) is 1. The van der Waals surface area contributed by atoms with Crippen LogP contribution in [0.4, 0.5) is 0 Å². The van der Waals surface area contributed by atoms with Gasteiger partial charge < -0.3 is 5.32 Å². The van der Waals surface area contributed by atoms with Gasteiger partial charge in [0.1, 0.15) is 0 Å². The molecule has 0 spiro atoms. The Kier molecular flexibility index (Phi) is 4.62. The molecular formula is C11H23NO. The van der Waals surface area contributed by atoms with E-state index < -0.39 is 0 Å². The first-order valence-corrected chi connectivity index (χ1v) is 5.06. The van der Waals surface area contributed by atoms with Crippen LogP contribution in [0.15, 0.2) is 0 Å². The molecule has 0 radical (unpaired) electrons. The molecule has 0 fully saturated rings. The van der Waals surface area contributed by atoms with Crippen molar-refractivity contribution in [2.75, 3.05) is 7.05 Å². The Hall–Kier alpha value is -0.370. The summed E-state index contributed by atoms with van der Waals surface area (Å²) in [6, 6.07) is 0.00463. The lowest BCUT2D eigenvalue weighted by molar-refractivity contribution is -0.129. The summed E-state index contributed by atoms with van der Waals surface area (Å²) in [5.74, 6) is 0.723. The second kappa shape index (κ2) is 4.75. The van der Waals surface area contributed by atoms with Crippen LogP contribution in [0.2, 0.25) is 0 Å². The first-order chi connectivity index (χ1) is 5.84. The third kappa shape index (κ3) is 3.47. The molecule has 0 aromatic heterocycles. The van der Waals surface area contributed by atoms with Gasteiger partial charge in [0.15, 0.2) is 5.78 Å². The zero-order valence-electron chi connectivity index (χ0n) is 9.77. The van der Waals surface area contributed by atoms with Crippen LogP contribution < -0.4 is 5.32 Å². The molecule has 2 nitrogen and oxygen atoms in total. The average Bonchev–Trinajstić information content (AvgIpc) is 2.03. The number of hydrogen-bond acceptors (Lipinski definition) is 2. The predicted octanol–water partition coefficient (Wildman–Crippen LogP) is 2.24. The molecule has 0 rings (SSSR count). The second-order valence-electron chi connectivity index (χ2n) is 4.77. The highest BCUT2D eigenvalue weighted by Gasteiger charge is 2.31. The van der Waals surface area contributed by atoms with E-state index in [9.17, 15) is 4.79 Å². The molecule has 0 bridgehead atoms. The van der Waals surface area contributed by atoms with E-state index in [1.54, 1.807) is 0 Å². The summed E-state index contributed by atoms with van der Waals surface area (Å²) >= 11 is 0. The smallest absolute Gasteiger partial charge is 0.155 e. The Morgan fingerprint density at radius 1 is 1.38 bits per heavy atom. The minimum Gasteiger partial charge on any atom is -0.310 e. The standard InChI is InChI=1S/C11H23NO/c1-7-8(2)9(12-6)10(13)11(3,4)5/h8-9,12H,7H2,1-6H3/t8-,9-/m0/s1. The maximum Gasteiger partial charge on any atom is 0.155 e. The Morgan fingerprint density at radius 2 is 1.85 bits per heavy atom. The number of likely N-dealkylation sites (N-methyl/N-ethyl adjacent to an activating group) is 1. The summed E-state index contributed by atoms with van der Waals surface area (Å²) in [4.78, 5) is 11.9. The highest BCUT2D eigenvalue weighted by Crippen LogP contribution is 2.21. The highest BCUT2D eigenvalue weighted by atomic mass is 16.1. The van der Waals surface area contributed by atoms with E-state index in [1.807, 2.05) is 27.8 Å². The summed E-state index contributed by atoms with van der Waals surface area (Å²) in [5.41, 5.74) is -0.239. The van der Waals surface area contributed by atoms with Gasteiger partial charge in [0.2, 0.25) is 0 Å². The molecule has 0 unspecified atom stereocenters. The topological polar surface area (TPSA) is 29.1 Å². The lowest BCUT2D eigenvalue weighted by atomic mass is 9.81. The van der Waals surface area contributed by atoms with Gasteiger partial charge in [-0.1, -0.05) is 41.0 Å². The van der Waals surface area contributed by atoms with Gasteiger partial charge in [-0.2, -0.15) is 0 Å². The van der Waals surface area contributed by atoms with E-state index in [2.05, 4.69) is 19.2 Å². The fourth-order valence-electron chi connectivity index (χ4n) is 1.38. The molecular weight excluding hydrogens is 162 g/mol. The van der Waals surface area contributed by atoms with Gasteiger partial charge in [0, 0.05) is 5.41 Å². The maximum atomic E-state index is 11.9. The van der Waals surface area contributed by atoms with Crippen LogP contribution in [0.1, 0.15) is 41.0 Å². The number of hydrogen-bond donors (Lipinski definition) is 1. The van der Waals surface area contributed by atoms with Crippen LogP contribution in [0.5, 0.6) is 0 Å². The SMILES string of the molecule is CC[C@H](C)[C@H](NC)C(=O)C(C)(C)C. The number of nitrogens with one attached hydrogen (secondary N) is 1. The van der Waals surface area contributed by atoms with Crippen molar-refractivity contribution in [3.05, 3.63) is 0 Å². The summed E-state index contributed by atoms with van der Waals surface area (Å²) in [6.45, 7) is 10.2.